The minimum absolute atomic E-state index is 0.0387. The molecule has 0 saturated carbocycles. The number of hydrogen-bond acceptors (Lipinski definition) is 7. The Kier molecular flexibility index (Phi) is 7.57. The van der Waals surface area contributed by atoms with Gasteiger partial charge in [0, 0.05) is 6.07 Å². The molecule has 0 aliphatic carbocycles. The predicted molar refractivity (Wildman–Crippen MR) is 137 cm³/mol. The summed E-state index contributed by atoms with van der Waals surface area (Å²) in [4.78, 5) is 30.8. The molecule has 0 aliphatic rings. The number of ether oxygens (including phenoxy) is 3. The summed E-state index contributed by atoms with van der Waals surface area (Å²) < 4.78 is 17.6. The van der Waals surface area contributed by atoms with Crippen molar-refractivity contribution in [3.05, 3.63) is 77.1 Å². The van der Waals surface area contributed by atoms with Gasteiger partial charge in [-0.25, -0.2) is 4.98 Å². The number of fused-ring (bicyclic) bond motifs is 1. The zero-order chi connectivity index (χ0) is 24.8. The van der Waals surface area contributed by atoms with Crippen molar-refractivity contribution < 1.29 is 19.0 Å². The number of amides is 1. The van der Waals surface area contributed by atoms with Crippen LogP contribution in [0.1, 0.15) is 6.92 Å². The first-order valence-corrected chi connectivity index (χ1v) is 11.9. The summed E-state index contributed by atoms with van der Waals surface area (Å²) in [7, 11) is 3.08. The van der Waals surface area contributed by atoms with E-state index in [1.165, 1.54) is 23.4 Å². The van der Waals surface area contributed by atoms with Gasteiger partial charge >= 0.3 is 0 Å². The Labute approximate surface area is 206 Å². The van der Waals surface area contributed by atoms with Crippen LogP contribution in [0.4, 0.5) is 5.69 Å². The number of methoxy groups -OCH3 is 2. The monoisotopic (exact) mass is 491 g/mol. The molecule has 1 amide bonds. The molecule has 35 heavy (non-hydrogen) atoms. The van der Waals surface area contributed by atoms with Gasteiger partial charge < -0.3 is 19.5 Å². The standard InChI is InChI=1S/C26H25N3O5S/c1-4-34-18-11-9-17(10-12-18)29-25(31)20-7-5-6-8-21(20)28-26(29)35-16-24(30)27-22-14-13-19(32-2)15-23(22)33-3/h5-15H,4,16H2,1-3H3,(H,27,30). The van der Waals surface area contributed by atoms with E-state index in [0.717, 1.165) is 0 Å². The molecule has 1 N–H and O–H groups in total. The van der Waals surface area contributed by atoms with E-state index in [4.69, 9.17) is 14.2 Å². The van der Waals surface area contributed by atoms with E-state index in [1.54, 1.807) is 67.8 Å². The maximum Gasteiger partial charge on any atom is 0.266 e. The molecule has 0 radical (unpaired) electrons. The van der Waals surface area contributed by atoms with Crippen molar-refractivity contribution in [2.45, 2.75) is 12.1 Å². The third kappa shape index (κ3) is 5.41. The number of carbonyl (C=O) groups is 1. The Morgan fingerprint density at radius 1 is 1.00 bits per heavy atom. The second-order valence-electron chi connectivity index (χ2n) is 7.38. The molecular formula is C26H25N3O5S. The van der Waals surface area contributed by atoms with Gasteiger partial charge in [0.2, 0.25) is 5.91 Å². The minimum atomic E-state index is -0.265. The minimum Gasteiger partial charge on any atom is -0.497 e. The third-order valence-corrected chi connectivity index (χ3v) is 6.10. The lowest BCUT2D eigenvalue weighted by Gasteiger charge is -2.14. The summed E-state index contributed by atoms with van der Waals surface area (Å²) >= 11 is 1.18. The van der Waals surface area contributed by atoms with Crippen molar-refractivity contribution in [3.63, 3.8) is 0 Å². The number of carbonyl (C=O) groups excluding carboxylic acids is 1. The smallest absolute Gasteiger partial charge is 0.266 e. The number of nitrogens with one attached hydrogen (secondary N) is 1. The molecule has 1 heterocycles. The fourth-order valence-electron chi connectivity index (χ4n) is 3.51. The summed E-state index contributed by atoms with van der Waals surface area (Å²) in [5.74, 6) is 1.59. The molecule has 9 heteroatoms. The average Bonchev–Trinajstić information content (AvgIpc) is 2.88. The third-order valence-electron chi connectivity index (χ3n) is 5.17. The second-order valence-corrected chi connectivity index (χ2v) is 8.32. The first-order chi connectivity index (χ1) is 17.0. The number of rotatable bonds is 9. The predicted octanol–water partition coefficient (Wildman–Crippen LogP) is 4.53. The molecule has 0 bridgehead atoms. The fraction of sp³-hybridized carbons (Fsp3) is 0.192. The fourth-order valence-corrected chi connectivity index (χ4v) is 4.33. The highest BCUT2D eigenvalue weighted by Gasteiger charge is 2.16. The maximum absolute atomic E-state index is 13.4. The van der Waals surface area contributed by atoms with Crippen LogP contribution in [0.25, 0.3) is 16.6 Å². The highest BCUT2D eigenvalue weighted by molar-refractivity contribution is 7.99. The van der Waals surface area contributed by atoms with Crippen LogP contribution >= 0.6 is 11.8 Å². The molecular weight excluding hydrogens is 466 g/mol. The van der Waals surface area contributed by atoms with Crippen LogP contribution in [0.2, 0.25) is 0 Å². The summed E-state index contributed by atoms with van der Waals surface area (Å²) in [5, 5.41) is 3.75. The molecule has 180 valence electrons. The van der Waals surface area contributed by atoms with E-state index >= 15 is 0 Å². The molecule has 3 aromatic carbocycles. The van der Waals surface area contributed by atoms with Gasteiger partial charge in [0.1, 0.15) is 17.2 Å². The van der Waals surface area contributed by atoms with Crippen LogP contribution in [0.5, 0.6) is 17.2 Å². The maximum atomic E-state index is 13.4. The summed E-state index contributed by atoms with van der Waals surface area (Å²) in [6.45, 7) is 2.46. The van der Waals surface area contributed by atoms with Crippen LogP contribution in [0, 0.1) is 0 Å². The lowest BCUT2D eigenvalue weighted by atomic mass is 10.2. The molecule has 0 unspecified atom stereocenters. The summed E-state index contributed by atoms with van der Waals surface area (Å²) in [6, 6.07) is 19.5. The van der Waals surface area contributed by atoms with E-state index in [0.29, 0.717) is 51.3 Å². The molecule has 8 nitrogen and oxygen atoms in total. The van der Waals surface area contributed by atoms with Crippen molar-refractivity contribution >= 4 is 34.3 Å². The lowest BCUT2D eigenvalue weighted by Crippen LogP contribution is -2.23. The molecule has 0 fully saturated rings. The lowest BCUT2D eigenvalue weighted by molar-refractivity contribution is -0.113. The number of nitrogens with zero attached hydrogens (tertiary/aromatic N) is 2. The summed E-state index contributed by atoms with van der Waals surface area (Å²) in [6.07, 6.45) is 0. The van der Waals surface area contributed by atoms with E-state index in [1.807, 2.05) is 13.0 Å². The Hall–Kier alpha value is -3.98. The van der Waals surface area contributed by atoms with Crippen molar-refractivity contribution in [1.29, 1.82) is 0 Å². The van der Waals surface area contributed by atoms with Crippen LogP contribution in [-0.4, -0.2) is 42.0 Å². The van der Waals surface area contributed by atoms with E-state index < -0.39 is 0 Å². The molecule has 4 rings (SSSR count). The Morgan fingerprint density at radius 3 is 2.46 bits per heavy atom. The second kappa shape index (κ2) is 11.0. The zero-order valence-corrected chi connectivity index (χ0v) is 20.4. The van der Waals surface area contributed by atoms with Gasteiger partial charge in [0.15, 0.2) is 5.16 Å². The first kappa shape index (κ1) is 24.2. The molecule has 0 spiro atoms. The van der Waals surface area contributed by atoms with Gasteiger partial charge in [-0.15, -0.1) is 0 Å². The molecule has 4 aromatic rings. The molecule has 0 saturated heterocycles. The van der Waals surface area contributed by atoms with Crippen LogP contribution in [0.15, 0.2) is 76.7 Å². The molecule has 1 aromatic heterocycles. The number of para-hydroxylation sites is 1. The quantitative estimate of drug-likeness (QED) is 0.272. The molecule has 0 aliphatic heterocycles. The first-order valence-electron chi connectivity index (χ1n) is 10.9. The SMILES string of the molecule is CCOc1ccc(-n2c(SCC(=O)Nc3ccc(OC)cc3OC)nc3ccccc3c2=O)cc1. The Bertz CT molecular complexity index is 1400. The van der Waals surface area contributed by atoms with Crippen molar-refractivity contribution in [2.75, 3.05) is 31.9 Å². The number of hydrogen-bond donors (Lipinski definition) is 1. The summed E-state index contributed by atoms with van der Waals surface area (Å²) in [5.41, 5.74) is 1.52. The zero-order valence-electron chi connectivity index (χ0n) is 19.6. The molecule has 0 atom stereocenters. The van der Waals surface area contributed by atoms with Gasteiger partial charge in [0.25, 0.3) is 5.56 Å². The van der Waals surface area contributed by atoms with E-state index in [2.05, 4.69) is 10.3 Å². The highest BCUT2D eigenvalue weighted by atomic mass is 32.2. The van der Waals surface area contributed by atoms with E-state index in [-0.39, 0.29) is 17.2 Å². The van der Waals surface area contributed by atoms with Gasteiger partial charge in [-0.05, 0) is 55.5 Å². The van der Waals surface area contributed by atoms with Crippen LogP contribution < -0.4 is 25.1 Å². The number of aromatic nitrogens is 2. The van der Waals surface area contributed by atoms with Crippen molar-refractivity contribution in [3.8, 4) is 22.9 Å². The van der Waals surface area contributed by atoms with Crippen molar-refractivity contribution in [1.82, 2.24) is 9.55 Å². The van der Waals surface area contributed by atoms with Gasteiger partial charge in [-0.2, -0.15) is 0 Å². The number of thioether (sulfide) groups is 1. The van der Waals surface area contributed by atoms with Crippen molar-refractivity contribution in [2.24, 2.45) is 0 Å². The van der Waals surface area contributed by atoms with Crippen LogP contribution in [0.3, 0.4) is 0 Å². The van der Waals surface area contributed by atoms with Crippen LogP contribution in [-0.2, 0) is 4.79 Å². The normalized spacial score (nSPS) is 10.7. The highest BCUT2D eigenvalue weighted by Crippen LogP contribution is 2.29. The largest absolute Gasteiger partial charge is 0.497 e. The Morgan fingerprint density at radius 2 is 1.74 bits per heavy atom. The number of anilines is 1. The van der Waals surface area contributed by atoms with Gasteiger partial charge in [-0.1, -0.05) is 23.9 Å². The average molecular weight is 492 g/mol. The topological polar surface area (TPSA) is 91.7 Å². The van der Waals surface area contributed by atoms with E-state index in [9.17, 15) is 9.59 Å². The van der Waals surface area contributed by atoms with Gasteiger partial charge in [0.05, 0.1) is 48.9 Å². The van der Waals surface area contributed by atoms with Gasteiger partial charge in [-0.3, -0.25) is 14.2 Å². The number of benzene rings is 3. The Balaban J connectivity index is 1.63.